The van der Waals surface area contributed by atoms with Gasteiger partial charge in [0.1, 0.15) is 9.92 Å². The van der Waals surface area contributed by atoms with Crippen molar-refractivity contribution in [3.8, 4) is 5.75 Å². The van der Waals surface area contributed by atoms with Crippen molar-refractivity contribution >= 4 is 33.2 Å². The van der Waals surface area contributed by atoms with Gasteiger partial charge in [-0.1, -0.05) is 23.2 Å². The summed E-state index contributed by atoms with van der Waals surface area (Å²) in [7, 11) is -2.36. The molecule has 8 heteroatoms. The molecule has 21 heavy (non-hydrogen) atoms. The Labute approximate surface area is 134 Å². The van der Waals surface area contributed by atoms with Crippen molar-refractivity contribution in [2.45, 2.75) is 31.0 Å². The molecule has 118 valence electrons. The highest BCUT2D eigenvalue weighted by molar-refractivity contribution is 7.89. The molecule has 1 fully saturated rings. The summed E-state index contributed by atoms with van der Waals surface area (Å²) in [5.41, 5.74) is 0. The van der Waals surface area contributed by atoms with Crippen LogP contribution in [0.4, 0.5) is 0 Å². The zero-order valence-electron chi connectivity index (χ0n) is 12.0. The first-order chi connectivity index (χ1) is 9.77. The number of sulfonamides is 1. The Balaban J connectivity index is 2.47. The van der Waals surface area contributed by atoms with Crippen molar-refractivity contribution < 1.29 is 17.9 Å². The number of nitrogens with zero attached hydrogens (tertiary/aromatic N) is 1. The zero-order valence-corrected chi connectivity index (χ0v) is 14.3. The lowest BCUT2D eigenvalue weighted by molar-refractivity contribution is -0.0441. The summed E-state index contributed by atoms with van der Waals surface area (Å²) < 4.78 is 37.7. The second kappa shape index (κ2) is 6.30. The molecule has 1 aromatic rings. The normalized spacial score (nSPS) is 24.0. The number of halogens is 2. The highest BCUT2D eigenvalue weighted by Crippen LogP contribution is 2.38. The maximum atomic E-state index is 12.8. The molecule has 1 aromatic carbocycles. The van der Waals surface area contributed by atoms with Crippen molar-refractivity contribution in [3.05, 3.63) is 22.2 Å². The maximum Gasteiger partial charge on any atom is 0.246 e. The standard InChI is InChI=1S/C13H17Cl2NO4S/c1-8-6-16(7-9(2)20-8)21(17,18)11-5-4-10(14)12(15)13(11)19-3/h4-5,8-9H,6-7H2,1-3H3/t8-,9+. The van der Waals surface area contributed by atoms with Crippen LogP contribution in [0, 0.1) is 0 Å². The van der Waals surface area contributed by atoms with Gasteiger partial charge in [0.25, 0.3) is 0 Å². The predicted octanol–water partition coefficient (Wildman–Crippen LogP) is 2.80. The van der Waals surface area contributed by atoms with Gasteiger partial charge in [-0.15, -0.1) is 0 Å². The highest BCUT2D eigenvalue weighted by Gasteiger charge is 2.34. The van der Waals surface area contributed by atoms with Gasteiger partial charge in [0.15, 0.2) is 5.75 Å². The van der Waals surface area contributed by atoms with E-state index in [2.05, 4.69) is 0 Å². The van der Waals surface area contributed by atoms with Crippen LogP contribution in [0.2, 0.25) is 10.0 Å². The molecule has 5 nitrogen and oxygen atoms in total. The van der Waals surface area contributed by atoms with E-state index in [1.54, 1.807) is 0 Å². The van der Waals surface area contributed by atoms with E-state index in [4.69, 9.17) is 32.7 Å². The molecule has 2 rings (SSSR count). The van der Waals surface area contributed by atoms with Crippen LogP contribution >= 0.6 is 23.2 Å². The summed E-state index contributed by atoms with van der Waals surface area (Å²) in [5, 5.41) is 0.339. The molecule has 1 saturated heterocycles. The fourth-order valence-corrected chi connectivity index (χ4v) is 4.57. The highest BCUT2D eigenvalue weighted by atomic mass is 35.5. The van der Waals surface area contributed by atoms with Crippen LogP contribution in [-0.2, 0) is 14.8 Å². The number of hydrogen-bond donors (Lipinski definition) is 0. The fourth-order valence-electron chi connectivity index (χ4n) is 2.37. The first kappa shape index (κ1) is 16.8. The lowest BCUT2D eigenvalue weighted by atomic mass is 10.3. The average molecular weight is 354 g/mol. The lowest BCUT2D eigenvalue weighted by Gasteiger charge is -2.34. The van der Waals surface area contributed by atoms with Gasteiger partial charge in [-0.3, -0.25) is 0 Å². The van der Waals surface area contributed by atoms with Gasteiger partial charge in [-0.25, -0.2) is 8.42 Å². The molecule has 0 bridgehead atoms. The summed E-state index contributed by atoms with van der Waals surface area (Å²) in [6.07, 6.45) is -0.338. The van der Waals surface area contributed by atoms with Crippen molar-refractivity contribution in [1.82, 2.24) is 4.31 Å². The molecule has 1 aliphatic rings. The van der Waals surface area contributed by atoms with E-state index in [0.29, 0.717) is 0 Å². The number of rotatable bonds is 3. The van der Waals surface area contributed by atoms with E-state index in [1.165, 1.54) is 23.5 Å². The summed E-state index contributed by atoms with van der Waals surface area (Å²) >= 11 is 11.9. The minimum Gasteiger partial charge on any atom is -0.494 e. The van der Waals surface area contributed by atoms with Crippen LogP contribution in [-0.4, -0.2) is 45.1 Å². The van der Waals surface area contributed by atoms with Crippen molar-refractivity contribution in [2.24, 2.45) is 0 Å². The largest absolute Gasteiger partial charge is 0.494 e. The molecule has 1 heterocycles. The number of ether oxygens (including phenoxy) is 2. The monoisotopic (exact) mass is 353 g/mol. The zero-order chi connectivity index (χ0) is 15.8. The van der Waals surface area contributed by atoms with Crippen molar-refractivity contribution in [3.63, 3.8) is 0 Å². The molecule has 0 saturated carbocycles. The molecule has 2 atom stereocenters. The maximum absolute atomic E-state index is 12.8. The Kier molecular flexibility index (Phi) is 5.05. The molecular weight excluding hydrogens is 337 g/mol. The number of methoxy groups -OCH3 is 1. The van der Waals surface area contributed by atoms with Crippen LogP contribution < -0.4 is 4.74 Å². The second-order valence-electron chi connectivity index (χ2n) is 4.97. The topological polar surface area (TPSA) is 55.8 Å². The van der Waals surface area contributed by atoms with E-state index in [1.807, 2.05) is 13.8 Å². The Morgan fingerprint density at radius 3 is 2.33 bits per heavy atom. The minimum absolute atomic E-state index is 0.0145. The van der Waals surface area contributed by atoms with Crippen LogP contribution in [0.25, 0.3) is 0 Å². The second-order valence-corrected chi connectivity index (χ2v) is 7.66. The van der Waals surface area contributed by atoms with E-state index < -0.39 is 10.0 Å². The first-order valence-corrected chi connectivity index (χ1v) is 8.64. The summed E-state index contributed by atoms with van der Waals surface area (Å²) in [5.74, 6) is 0.0657. The van der Waals surface area contributed by atoms with E-state index in [0.717, 1.165) is 0 Å². The summed E-state index contributed by atoms with van der Waals surface area (Å²) in [4.78, 5) is 0.0145. The lowest BCUT2D eigenvalue weighted by Crippen LogP contribution is -2.48. The third kappa shape index (κ3) is 3.29. The van der Waals surface area contributed by atoms with Crippen molar-refractivity contribution in [1.29, 1.82) is 0 Å². The van der Waals surface area contributed by atoms with Gasteiger partial charge < -0.3 is 9.47 Å². The van der Waals surface area contributed by atoms with Gasteiger partial charge in [-0.05, 0) is 26.0 Å². The quantitative estimate of drug-likeness (QED) is 0.838. The predicted molar refractivity (Wildman–Crippen MR) is 81.8 cm³/mol. The smallest absolute Gasteiger partial charge is 0.246 e. The van der Waals surface area contributed by atoms with Gasteiger partial charge in [0.2, 0.25) is 10.0 Å². The molecule has 0 radical (unpaired) electrons. The Morgan fingerprint density at radius 2 is 1.81 bits per heavy atom. The van der Waals surface area contributed by atoms with Crippen LogP contribution in [0.5, 0.6) is 5.75 Å². The Hall–Kier alpha value is -0.530. The Bertz CT molecular complexity index is 625. The third-order valence-electron chi connectivity index (χ3n) is 3.22. The Morgan fingerprint density at radius 1 is 1.24 bits per heavy atom. The molecule has 0 aromatic heterocycles. The molecule has 0 aliphatic carbocycles. The molecular formula is C13H17Cl2NO4S. The summed E-state index contributed by atoms with van der Waals surface area (Å²) in [6, 6.07) is 2.86. The molecule has 0 amide bonds. The first-order valence-electron chi connectivity index (χ1n) is 6.45. The molecule has 0 N–H and O–H groups in total. The number of hydrogen-bond acceptors (Lipinski definition) is 4. The minimum atomic E-state index is -3.72. The van der Waals surface area contributed by atoms with Crippen LogP contribution in [0.1, 0.15) is 13.8 Å². The SMILES string of the molecule is COc1c(S(=O)(=O)N2C[C@@H](C)O[C@@H](C)C2)ccc(Cl)c1Cl. The summed E-state index contributed by atoms with van der Waals surface area (Å²) in [6.45, 7) is 4.25. The van der Waals surface area contributed by atoms with Gasteiger partial charge >= 0.3 is 0 Å². The van der Waals surface area contributed by atoms with Gasteiger partial charge in [0, 0.05) is 13.1 Å². The molecule has 0 unspecified atom stereocenters. The van der Waals surface area contributed by atoms with E-state index in [-0.39, 0.29) is 46.0 Å². The average Bonchev–Trinajstić information content (AvgIpc) is 2.40. The van der Waals surface area contributed by atoms with Crippen LogP contribution in [0.3, 0.4) is 0 Å². The third-order valence-corrected chi connectivity index (χ3v) is 5.86. The fraction of sp³-hybridized carbons (Fsp3) is 0.538. The molecule has 1 aliphatic heterocycles. The van der Waals surface area contributed by atoms with Gasteiger partial charge in [0.05, 0.1) is 24.3 Å². The van der Waals surface area contributed by atoms with Gasteiger partial charge in [-0.2, -0.15) is 4.31 Å². The molecule has 0 spiro atoms. The van der Waals surface area contributed by atoms with E-state index in [9.17, 15) is 8.42 Å². The van der Waals surface area contributed by atoms with Crippen LogP contribution in [0.15, 0.2) is 17.0 Å². The van der Waals surface area contributed by atoms with Crippen molar-refractivity contribution in [2.75, 3.05) is 20.2 Å². The number of benzene rings is 1. The van der Waals surface area contributed by atoms with E-state index >= 15 is 0 Å². The number of morpholine rings is 1.